The van der Waals surface area contributed by atoms with Gasteiger partial charge in [-0.1, -0.05) is 0 Å². The minimum Gasteiger partial charge on any atom is -0.477 e. The maximum absolute atomic E-state index is 15.0. The summed E-state index contributed by atoms with van der Waals surface area (Å²) in [7, 11) is 1.67. The molecule has 0 amide bonds. The lowest BCUT2D eigenvalue weighted by Gasteiger charge is -2.24. The maximum Gasteiger partial charge on any atom is 0.341 e. The third kappa shape index (κ3) is 4.20. The lowest BCUT2D eigenvalue weighted by molar-refractivity contribution is 0.0695. The Labute approximate surface area is 174 Å². The molecule has 0 unspecified atom stereocenters. The van der Waals surface area contributed by atoms with E-state index in [1.54, 1.807) is 14.0 Å². The van der Waals surface area contributed by atoms with Crippen molar-refractivity contribution in [3.8, 4) is 0 Å². The summed E-state index contributed by atoms with van der Waals surface area (Å²) in [5.74, 6) is -1.40. The third-order valence-corrected chi connectivity index (χ3v) is 5.65. The van der Waals surface area contributed by atoms with Crippen LogP contribution in [0.25, 0.3) is 10.9 Å². The van der Waals surface area contributed by atoms with Crippen molar-refractivity contribution in [2.45, 2.75) is 39.2 Å². The molecule has 7 nitrogen and oxygen atoms in total. The van der Waals surface area contributed by atoms with Gasteiger partial charge in [-0.3, -0.25) is 4.79 Å². The van der Waals surface area contributed by atoms with Gasteiger partial charge < -0.3 is 24.4 Å². The van der Waals surface area contributed by atoms with Crippen molar-refractivity contribution in [3.05, 3.63) is 39.4 Å². The second-order valence-corrected chi connectivity index (χ2v) is 7.92. The van der Waals surface area contributed by atoms with Crippen LogP contribution in [0.3, 0.4) is 0 Å². The molecule has 1 aromatic heterocycles. The molecule has 1 saturated carbocycles. The molecule has 2 fully saturated rings. The summed E-state index contributed by atoms with van der Waals surface area (Å²) in [5.41, 5.74) is 0.935. The van der Waals surface area contributed by atoms with E-state index in [9.17, 15) is 14.7 Å². The fourth-order valence-electron chi connectivity index (χ4n) is 4.26. The molecule has 2 aromatic rings. The molecule has 0 bridgehead atoms. The van der Waals surface area contributed by atoms with Crippen LogP contribution in [-0.4, -0.2) is 54.2 Å². The average molecular weight is 420 g/mol. The van der Waals surface area contributed by atoms with Crippen molar-refractivity contribution in [3.63, 3.8) is 0 Å². The van der Waals surface area contributed by atoms with E-state index in [-0.39, 0.29) is 23.6 Å². The monoisotopic (exact) mass is 420 g/mol. The minimum atomic E-state index is -1.28. The molecule has 0 radical (unpaired) electrons. The van der Waals surface area contributed by atoms with E-state index < -0.39 is 17.2 Å². The molecule has 2 N–H and O–H groups in total. The zero-order valence-electron chi connectivity index (χ0n) is 17.7. The van der Waals surface area contributed by atoms with Crippen LogP contribution in [0.2, 0.25) is 0 Å². The molecule has 164 valence electrons. The second kappa shape index (κ2) is 9.14. The minimum absolute atomic E-state index is 0.146. The zero-order chi connectivity index (χ0) is 22.0. The quantitative estimate of drug-likeness (QED) is 0.773. The van der Waals surface area contributed by atoms with Gasteiger partial charge in [0.05, 0.1) is 17.8 Å². The fraction of sp³-hybridized carbons (Fsp3) is 0.545. The lowest BCUT2D eigenvalue weighted by Crippen LogP contribution is -2.25. The summed E-state index contributed by atoms with van der Waals surface area (Å²) >= 11 is 0. The first kappa shape index (κ1) is 22.2. The lowest BCUT2D eigenvalue weighted by atomic mass is 10.0. The molecular formula is C22H29FN2O5. The number of aliphatic hydroxyl groups is 1. The number of fused-ring (bicyclic) bond motifs is 1. The Morgan fingerprint density at radius 2 is 2.00 bits per heavy atom. The first-order valence-electron chi connectivity index (χ1n) is 10.3. The molecule has 2 heterocycles. The predicted molar refractivity (Wildman–Crippen MR) is 113 cm³/mol. The highest BCUT2D eigenvalue weighted by atomic mass is 19.1. The van der Waals surface area contributed by atoms with E-state index in [2.05, 4.69) is 0 Å². The molecule has 1 atom stereocenters. The van der Waals surface area contributed by atoms with Crippen LogP contribution < -0.4 is 10.3 Å². The number of halogens is 1. The van der Waals surface area contributed by atoms with Gasteiger partial charge >= 0.3 is 5.97 Å². The van der Waals surface area contributed by atoms with Crippen molar-refractivity contribution in [2.24, 2.45) is 5.92 Å². The van der Waals surface area contributed by atoms with Gasteiger partial charge in [0.25, 0.3) is 0 Å². The van der Waals surface area contributed by atoms with Crippen LogP contribution in [0.4, 0.5) is 10.1 Å². The summed E-state index contributed by atoms with van der Waals surface area (Å²) in [4.78, 5) is 26.1. The number of nitrogens with zero attached hydrogens (tertiary/aromatic N) is 2. The number of aryl methyl sites for hydroxylation is 1. The molecular weight excluding hydrogens is 391 g/mol. The van der Waals surface area contributed by atoms with Gasteiger partial charge in [-0.2, -0.15) is 0 Å². The van der Waals surface area contributed by atoms with Crippen LogP contribution in [0.5, 0.6) is 0 Å². The van der Waals surface area contributed by atoms with E-state index >= 15 is 4.39 Å². The standard InChI is InChI=1S/C20H23FN2O4.C2H6O/c1-11-17-14(19(24)15(20(25)26)9-23(17)13-3-4-13)7-16(21)18(11)22-6-5-12(8-22)10-27-2;1-2-3/h7,9,12-13H,3-6,8,10H2,1-2H3,(H,25,26);3H,2H2,1H3/t12-;/m1./s1. The number of methoxy groups -OCH3 is 1. The van der Waals surface area contributed by atoms with Gasteiger partial charge in [0.2, 0.25) is 5.43 Å². The van der Waals surface area contributed by atoms with Crippen LogP contribution in [0.1, 0.15) is 48.1 Å². The van der Waals surface area contributed by atoms with E-state index in [0.717, 1.165) is 25.8 Å². The molecule has 8 heteroatoms. The number of carboxylic acids is 1. The number of aliphatic hydroxyl groups excluding tert-OH is 1. The number of benzene rings is 1. The smallest absolute Gasteiger partial charge is 0.341 e. The molecule has 30 heavy (non-hydrogen) atoms. The Hall–Kier alpha value is -2.45. The van der Waals surface area contributed by atoms with E-state index in [1.807, 2.05) is 16.4 Å². The number of hydrogen-bond donors (Lipinski definition) is 2. The van der Waals surface area contributed by atoms with E-state index in [4.69, 9.17) is 9.84 Å². The second-order valence-electron chi connectivity index (χ2n) is 7.92. The van der Waals surface area contributed by atoms with Crippen molar-refractivity contribution in [1.29, 1.82) is 0 Å². The Morgan fingerprint density at radius 1 is 1.33 bits per heavy atom. The molecule has 2 aliphatic rings. The number of aromatic nitrogens is 1. The Balaban J connectivity index is 0.000000806. The highest BCUT2D eigenvalue weighted by Crippen LogP contribution is 2.40. The Morgan fingerprint density at radius 3 is 2.57 bits per heavy atom. The molecule has 4 rings (SSSR count). The number of rotatable bonds is 5. The van der Waals surface area contributed by atoms with Crippen LogP contribution in [-0.2, 0) is 4.74 Å². The topological polar surface area (TPSA) is 92.0 Å². The fourth-order valence-corrected chi connectivity index (χ4v) is 4.26. The Kier molecular flexibility index (Phi) is 6.77. The highest BCUT2D eigenvalue weighted by molar-refractivity contribution is 5.95. The van der Waals surface area contributed by atoms with Crippen molar-refractivity contribution >= 4 is 22.6 Å². The van der Waals surface area contributed by atoms with Crippen LogP contribution in [0.15, 0.2) is 17.1 Å². The number of carboxylic acid groups (broad SMARTS) is 1. The summed E-state index contributed by atoms with van der Waals surface area (Å²) in [6.45, 7) is 5.83. The molecule has 0 spiro atoms. The van der Waals surface area contributed by atoms with Crippen molar-refractivity contribution in [2.75, 3.05) is 38.3 Å². The van der Waals surface area contributed by atoms with Gasteiger partial charge in [0.15, 0.2) is 0 Å². The van der Waals surface area contributed by atoms with Gasteiger partial charge in [0, 0.05) is 50.3 Å². The number of anilines is 1. The predicted octanol–water partition coefficient (Wildman–Crippen LogP) is 2.95. The average Bonchev–Trinajstić information content (AvgIpc) is 3.43. The number of carbonyl (C=O) groups is 1. The summed E-state index contributed by atoms with van der Waals surface area (Å²) < 4.78 is 22.1. The van der Waals surface area contributed by atoms with E-state index in [1.165, 1.54) is 12.3 Å². The number of pyridine rings is 1. The van der Waals surface area contributed by atoms with E-state index in [0.29, 0.717) is 35.8 Å². The number of hydrogen-bond acceptors (Lipinski definition) is 5. The summed E-state index contributed by atoms with van der Waals surface area (Å²) in [5, 5.41) is 17.1. The van der Waals surface area contributed by atoms with Crippen LogP contribution >= 0.6 is 0 Å². The van der Waals surface area contributed by atoms with Gasteiger partial charge in [0.1, 0.15) is 11.4 Å². The Bertz CT molecular complexity index is 999. The highest BCUT2D eigenvalue weighted by Gasteiger charge is 2.31. The first-order valence-corrected chi connectivity index (χ1v) is 10.3. The van der Waals surface area contributed by atoms with Gasteiger partial charge in [-0.15, -0.1) is 0 Å². The SMILES string of the molecule is CCO.COC[C@@H]1CCN(c2c(F)cc3c(=O)c(C(=O)O)cn(C4CC4)c3c2C)C1. The molecule has 1 aliphatic heterocycles. The van der Waals surface area contributed by atoms with Gasteiger partial charge in [-0.25, -0.2) is 9.18 Å². The number of aromatic carboxylic acids is 1. The summed E-state index contributed by atoms with van der Waals surface area (Å²) in [6.07, 6.45) is 4.22. The van der Waals surface area contributed by atoms with Crippen molar-refractivity contribution in [1.82, 2.24) is 4.57 Å². The first-order chi connectivity index (χ1) is 14.3. The normalized spacial score (nSPS) is 18.4. The molecule has 1 aromatic carbocycles. The van der Waals surface area contributed by atoms with Crippen LogP contribution in [0, 0.1) is 18.7 Å². The largest absolute Gasteiger partial charge is 0.477 e. The third-order valence-electron chi connectivity index (χ3n) is 5.65. The summed E-state index contributed by atoms with van der Waals surface area (Å²) in [6, 6.07) is 1.39. The molecule has 1 aliphatic carbocycles. The number of ether oxygens (including phenoxy) is 1. The molecule has 1 saturated heterocycles. The maximum atomic E-state index is 15.0. The van der Waals surface area contributed by atoms with Crippen molar-refractivity contribution < 1.29 is 24.1 Å². The zero-order valence-corrected chi connectivity index (χ0v) is 17.7. The van der Waals surface area contributed by atoms with Gasteiger partial charge in [-0.05, 0) is 44.7 Å².